The van der Waals surface area contributed by atoms with Gasteiger partial charge in [0.1, 0.15) is 5.75 Å². The highest BCUT2D eigenvalue weighted by atomic mass is 79.9. The lowest BCUT2D eigenvalue weighted by molar-refractivity contribution is -0.149. The predicted octanol–water partition coefficient (Wildman–Crippen LogP) is 3.49. The van der Waals surface area contributed by atoms with E-state index in [1.54, 1.807) is 0 Å². The highest BCUT2D eigenvalue weighted by Crippen LogP contribution is 2.19. The molecule has 0 N–H and O–H groups in total. The van der Waals surface area contributed by atoms with E-state index >= 15 is 0 Å². The van der Waals surface area contributed by atoms with E-state index < -0.39 is 0 Å². The maximum Gasteiger partial charge on any atom is 0.309 e. The lowest BCUT2D eigenvalue weighted by atomic mass is 9.97. The molecule has 0 amide bonds. The number of hydrogen-bond acceptors (Lipinski definition) is 4. The van der Waals surface area contributed by atoms with Gasteiger partial charge in [-0.15, -0.1) is 0 Å². The number of likely N-dealkylation sites (tertiary alicyclic amines) is 1. The van der Waals surface area contributed by atoms with Crippen molar-refractivity contribution in [2.75, 3.05) is 32.8 Å². The first-order valence-electron chi connectivity index (χ1n) is 7.96. The van der Waals surface area contributed by atoms with Crippen molar-refractivity contribution < 1.29 is 14.3 Å². The van der Waals surface area contributed by atoms with Crippen LogP contribution in [0.1, 0.15) is 26.2 Å². The molecule has 1 aliphatic heterocycles. The summed E-state index contributed by atoms with van der Waals surface area (Å²) >= 11 is 3.41. The van der Waals surface area contributed by atoms with Gasteiger partial charge in [0.05, 0.1) is 19.1 Å². The molecule has 4 nitrogen and oxygen atoms in total. The number of hydrogen-bond donors (Lipinski definition) is 0. The van der Waals surface area contributed by atoms with Crippen LogP contribution >= 0.6 is 15.9 Å². The maximum atomic E-state index is 11.7. The van der Waals surface area contributed by atoms with Gasteiger partial charge < -0.3 is 14.4 Å². The van der Waals surface area contributed by atoms with E-state index in [9.17, 15) is 4.79 Å². The fraction of sp³-hybridized carbons (Fsp3) is 0.588. The third kappa shape index (κ3) is 5.61. The molecule has 0 bridgehead atoms. The Kier molecular flexibility index (Phi) is 7.19. The SMILES string of the molecule is CCOC(=O)C1CCN(CCCOc2ccc(Br)cc2)CC1. The van der Waals surface area contributed by atoms with E-state index in [4.69, 9.17) is 9.47 Å². The van der Waals surface area contributed by atoms with E-state index in [1.165, 1.54) is 0 Å². The molecule has 5 heteroatoms. The van der Waals surface area contributed by atoms with Crippen LogP contribution in [-0.4, -0.2) is 43.7 Å². The number of carbonyl (C=O) groups is 1. The Labute approximate surface area is 140 Å². The van der Waals surface area contributed by atoms with Crippen LogP contribution in [-0.2, 0) is 9.53 Å². The second-order valence-corrected chi connectivity index (χ2v) is 6.44. The summed E-state index contributed by atoms with van der Waals surface area (Å²) in [6, 6.07) is 7.90. The summed E-state index contributed by atoms with van der Waals surface area (Å²) in [5.74, 6) is 0.972. The second-order valence-electron chi connectivity index (χ2n) is 5.52. The van der Waals surface area contributed by atoms with Gasteiger partial charge in [-0.3, -0.25) is 4.79 Å². The first-order valence-corrected chi connectivity index (χ1v) is 8.75. The number of piperidine rings is 1. The fourth-order valence-corrected chi connectivity index (χ4v) is 2.93. The minimum atomic E-state index is -0.0271. The molecule has 0 atom stereocenters. The number of benzene rings is 1. The molecule has 0 aromatic heterocycles. The quantitative estimate of drug-likeness (QED) is 0.544. The normalized spacial score (nSPS) is 16.5. The lowest BCUT2D eigenvalue weighted by Gasteiger charge is -2.30. The van der Waals surface area contributed by atoms with E-state index in [1.807, 2.05) is 31.2 Å². The number of esters is 1. The van der Waals surface area contributed by atoms with Crippen molar-refractivity contribution in [1.29, 1.82) is 0 Å². The van der Waals surface area contributed by atoms with Crippen molar-refractivity contribution in [1.82, 2.24) is 4.90 Å². The molecular weight excluding hydrogens is 346 g/mol. The Bertz CT molecular complexity index is 455. The van der Waals surface area contributed by atoms with Crippen LogP contribution in [0.3, 0.4) is 0 Å². The minimum absolute atomic E-state index is 0.0271. The topological polar surface area (TPSA) is 38.8 Å². The Balaban J connectivity index is 1.59. The van der Waals surface area contributed by atoms with Crippen LogP contribution in [0.5, 0.6) is 5.75 Å². The largest absolute Gasteiger partial charge is 0.494 e. The minimum Gasteiger partial charge on any atom is -0.494 e. The molecule has 0 saturated carbocycles. The molecule has 0 radical (unpaired) electrons. The van der Waals surface area contributed by atoms with E-state index in [0.29, 0.717) is 6.61 Å². The van der Waals surface area contributed by atoms with Crippen LogP contribution in [0.25, 0.3) is 0 Å². The second kappa shape index (κ2) is 9.16. The molecule has 1 aromatic rings. The number of halogens is 1. The number of rotatable bonds is 7. The zero-order valence-corrected chi connectivity index (χ0v) is 14.7. The highest BCUT2D eigenvalue weighted by Gasteiger charge is 2.25. The van der Waals surface area contributed by atoms with Crippen LogP contribution in [0.4, 0.5) is 0 Å². The van der Waals surface area contributed by atoms with E-state index in [-0.39, 0.29) is 11.9 Å². The van der Waals surface area contributed by atoms with E-state index in [2.05, 4.69) is 20.8 Å². The lowest BCUT2D eigenvalue weighted by Crippen LogP contribution is -2.37. The Hall–Kier alpha value is -1.07. The van der Waals surface area contributed by atoms with Gasteiger partial charge in [0.25, 0.3) is 0 Å². The van der Waals surface area contributed by atoms with Gasteiger partial charge in [-0.2, -0.15) is 0 Å². The van der Waals surface area contributed by atoms with Crippen molar-refractivity contribution in [3.63, 3.8) is 0 Å². The van der Waals surface area contributed by atoms with Crippen molar-refractivity contribution in [2.45, 2.75) is 26.2 Å². The molecule has 1 aromatic carbocycles. The van der Waals surface area contributed by atoms with Gasteiger partial charge >= 0.3 is 5.97 Å². The molecule has 0 aliphatic carbocycles. The molecule has 122 valence electrons. The van der Waals surface area contributed by atoms with Crippen LogP contribution < -0.4 is 4.74 Å². The molecule has 22 heavy (non-hydrogen) atoms. The van der Waals surface area contributed by atoms with Gasteiger partial charge in [0.2, 0.25) is 0 Å². The summed E-state index contributed by atoms with van der Waals surface area (Å²) in [5, 5.41) is 0. The van der Waals surface area contributed by atoms with Gasteiger partial charge in [-0.25, -0.2) is 0 Å². The van der Waals surface area contributed by atoms with Crippen molar-refractivity contribution in [3.05, 3.63) is 28.7 Å². The fourth-order valence-electron chi connectivity index (χ4n) is 2.66. The average Bonchev–Trinajstić information content (AvgIpc) is 2.54. The summed E-state index contributed by atoms with van der Waals surface area (Å²) in [4.78, 5) is 14.1. The average molecular weight is 370 g/mol. The number of ether oxygens (including phenoxy) is 2. The zero-order valence-electron chi connectivity index (χ0n) is 13.1. The first-order chi connectivity index (χ1) is 10.7. The summed E-state index contributed by atoms with van der Waals surface area (Å²) in [6.07, 6.45) is 2.82. The maximum absolute atomic E-state index is 11.7. The molecule has 0 spiro atoms. The molecule has 0 unspecified atom stereocenters. The first kappa shape index (κ1) is 17.3. The van der Waals surface area contributed by atoms with Gasteiger partial charge in [0, 0.05) is 11.0 Å². The van der Waals surface area contributed by atoms with Crippen LogP contribution in [0.2, 0.25) is 0 Å². The van der Waals surface area contributed by atoms with Gasteiger partial charge in [-0.1, -0.05) is 15.9 Å². The van der Waals surface area contributed by atoms with Crippen molar-refractivity contribution in [2.24, 2.45) is 5.92 Å². The Morgan fingerprint density at radius 1 is 1.27 bits per heavy atom. The van der Waals surface area contributed by atoms with Crippen molar-refractivity contribution in [3.8, 4) is 5.75 Å². The summed E-state index contributed by atoms with van der Waals surface area (Å²) in [6.45, 7) is 6.03. The molecule has 1 heterocycles. The Morgan fingerprint density at radius 3 is 2.59 bits per heavy atom. The molecule has 1 aliphatic rings. The summed E-state index contributed by atoms with van der Waals surface area (Å²) < 4.78 is 11.9. The zero-order chi connectivity index (χ0) is 15.8. The van der Waals surface area contributed by atoms with Crippen LogP contribution in [0.15, 0.2) is 28.7 Å². The van der Waals surface area contributed by atoms with Gasteiger partial charge in [0.15, 0.2) is 0 Å². The molecule has 2 rings (SSSR count). The smallest absolute Gasteiger partial charge is 0.309 e. The van der Waals surface area contributed by atoms with Crippen molar-refractivity contribution >= 4 is 21.9 Å². The summed E-state index contributed by atoms with van der Waals surface area (Å²) in [7, 11) is 0. The molecular formula is C17H24BrNO3. The third-order valence-corrected chi connectivity index (χ3v) is 4.44. The standard InChI is InChI=1S/C17H24BrNO3/c1-2-21-17(20)14-8-11-19(12-9-14)10-3-13-22-16-6-4-15(18)5-7-16/h4-7,14H,2-3,8-13H2,1H3. The third-order valence-electron chi connectivity index (χ3n) is 3.91. The number of nitrogens with zero attached hydrogens (tertiary/aromatic N) is 1. The van der Waals surface area contributed by atoms with Crippen LogP contribution in [0, 0.1) is 5.92 Å². The van der Waals surface area contributed by atoms with E-state index in [0.717, 1.165) is 55.7 Å². The number of carbonyl (C=O) groups excluding carboxylic acids is 1. The van der Waals surface area contributed by atoms with Gasteiger partial charge in [-0.05, 0) is 63.5 Å². The summed E-state index contributed by atoms with van der Waals surface area (Å²) in [5.41, 5.74) is 0. The predicted molar refractivity (Wildman–Crippen MR) is 90.1 cm³/mol. The monoisotopic (exact) mass is 369 g/mol. The molecule has 1 saturated heterocycles. The highest BCUT2D eigenvalue weighted by molar-refractivity contribution is 9.10. The molecule has 1 fully saturated rings. The Morgan fingerprint density at radius 2 is 1.95 bits per heavy atom.